The van der Waals surface area contributed by atoms with Crippen molar-refractivity contribution in [2.24, 2.45) is 0 Å². The van der Waals surface area contributed by atoms with Crippen molar-refractivity contribution in [3.8, 4) is 0 Å². The van der Waals surface area contributed by atoms with Gasteiger partial charge in [0.2, 0.25) is 0 Å². The summed E-state index contributed by atoms with van der Waals surface area (Å²) < 4.78 is 5.09. The highest BCUT2D eigenvalue weighted by Crippen LogP contribution is 2.24. The van der Waals surface area contributed by atoms with Crippen LogP contribution in [0, 0.1) is 6.92 Å². The van der Waals surface area contributed by atoms with E-state index in [0.717, 1.165) is 26.2 Å². The van der Waals surface area contributed by atoms with Gasteiger partial charge in [0.25, 0.3) is 0 Å². The zero-order chi connectivity index (χ0) is 15.0. The Morgan fingerprint density at radius 1 is 1.30 bits per heavy atom. The SMILES string of the molecule is CCCN(c1ccc(C)cc1CNCCOC)C(C)C. The summed E-state index contributed by atoms with van der Waals surface area (Å²) in [5.74, 6) is 0. The smallest absolute Gasteiger partial charge is 0.0587 e. The lowest BCUT2D eigenvalue weighted by Gasteiger charge is -2.31. The standard InChI is InChI=1S/C17H30N2O/c1-6-10-19(14(2)3)17-8-7-15(4)12-16(17)13-18-9-11-20-5/h7-8,12,14,18H,6,9-11,13H2,1-5H3. The zero-order valence-electron chi connectivity index (χ0n) is 13.7. The Morgan fingerprint density at radius 2 is 2.05 bits per heavy atom. The summed E-state index contributed by atoms with van der Waals surface area (Å²) in [6.07, 6.45) is 1.17. The van der Waals surface area contributed by atoms with Crippen LogP contribution in [0.2, 0.25) is 0 Å². The van der Waals surface area contributed by atoms with Crippen LogP contribution in [-0.2, 0) is 11.3 Å². The predicted octanol–water partition coefficient (Wildman–Crippen LogP) is 3.36. The molecule has 0 atom stereocenters. The molecule has 1 aromatic carbocycles. The normalized spacial score (nSPS) is 11.1. The molecular weight excluding hydrogens is 248 g/mol. The molecule has 0 aliphatic carbocycles. The van der Waals surface area contributed by atoms with Crippen molar-refractivity contribution < 1.29 is 4.74 Å². The van der Waals surface area contributed by atoms with E-state index >= 15 is 0 Å². The van der Waals surface area contributed by atoms with Crippen molar-refractivity contribution in [3.63, 3.8) is 0 Å². The van der Waals surface area contributed by atoms with Gasteiger partial charge in [-0.25, -0.2) is 0 Å². The van der Waals surface area contributed by atoms with Crippen LogP contribution in [-0.4, -0.2) is 32.8 Å². The predicted molar refractivity (Wildman–Crippen MR) is 87.5 cm³/mol. The largest absolute Gasteiger partial charge is 0.383 e. The van der Waals surface area contributed by atoms with Crippen molar-refractivity contribution in [1.29, 1.82) is 0 Å². The van der Waals surface area contributed by atoms with Crippen molar-refractivity contribution in [3.05, 3.63) is 29.3 Å². The monoisotopic (exact) mass is 278 g/mol. The van der Waals surface area contributed by atoms with Crippen LogP contribution in [0.25, 0.3) is 0 Å². The van der Waals surface area contributed by atoms with E-state index in [4.69, 9.17) is 4.74 Å². The second kappa shape index (κ2) is 8.98. The third-order valence-corrected chi connectivity index (χ3v) is 3.43. The van der Waals surface area contributed by atoms with Gasteiger partial charge in [-0.2, -0.15) is 0 Å². The highest BCUT2D eigenvalue weighted by molar-refractivity contribution is 5.55. The molecule has 3 nitrogen and oxygen atoms in total. The lowest BCUT2D eigenvalue weighted by Crippen LogP contribution is -2.33. The average Bonchev–Trinajstić information content (AvgIpc) is 2.41. The van der Waals surface area contributed by atoms with E-state index in [-0.39, 0.29) is 0 Å². The number of nitrogens with one attached hydrogen (secondary N) is 1. The van der Waals surface area contributed by atoms with Crippen molar-refractivity contribution in [2.45, 2.75) is 46.7 Å². The summed E-state index contributed by atoms with van der Waals surface area (Å²) in [4.78, 5) is 2.49. The van der Waals surface area contributed by atoms with Gasteiger partial charge in [0.15, 0.2) is 0 Å². The van der Waals surface area contributed by atoms with Gasteiger partial charge in [0.05, 0.1) is 6.61 Å². The third-order valence-electron chi connectivity index (χ3n) is 3.43. The van der Waals surface area contributed by atoms with Crippen molar-refractivity contribution in [2.75, 3.05) is 31.7 Å². The fourth-order valence-electron chi connectivity index (χ4n) is 2.43. The highest BCUT2D eigenvalue weighted by Gasteiger charge is 2.13. The number of methoxy groups -OCH3 is 1. The molecule has 0 unspecified atom stereocenters. The summed E-state index contributed by atoms with van der Waals surface area (Å²) in [5.41, 5.74) is 4.05. The summed E-state index contributed by atoms with van der Waals surface area (Å²) in [7, 11) is 1.74. The Kier molecular flexibility index (Phi) is 7.63. The maximum Gasteiger partial charge on any atom is 0.0587 e. The topological polar surface area (TPSA) is 24.5 Å². The van der Waals surface area contributed by atoms with Gasteiger partial charge in [-0.05, 0) is 38.8 Å². The summed E-state index contributed by atoms with van der Waals surface area (Å²) in [6.45, 7) is 12.6. The first-order chi connectivity index (χ1) is 9.60. The molecule has 0 aliphatic heterocycles. The molecule has 1 rings (SSSR count). The first-order valence-electron chi connectivity index (χ1n) is 7.66. The van der Waals surface area contributed by atoms with Crippen LogP contribution in [0.15, 0.2) is 18.2 Å². The Hall–Kier alpha value is -1.06. The quantitative estimate of drug-likeness (QED) is 0.701. The molecule has 1 aromatic rings. The molecule has 0 radical (unpaired) electrons. The number of benzene rings is 1. The molecule has 0 fully saturated rings. The number of aryl methyl sites for hydroxylation is 1. The molecular formula is C17H30N2O. The third kappa shape index (κ3) is 5.14. The van der Waals surface area contributed by atoms with Gasteiger partial charge in [-0.15, -0.1) is 0 Å². The molecule has 0 heterocycles. The summed E-state index contributed by atoms with van der Waals surface area (Å²) in [5, 5.41) is 3.45. The molecule has 0 spiro atoms. The summed E-state index contributed by atoms with van der Waals surface area (Å²) in [6, 6.07) is 7.28. The van der Waals surface area contributed by atoms with E-state index in [2.05, 4.69) is 56.1 Å². The Morgan fingerprint density at radius 3 is 2.65 bits per heavy atom. The van der Waals surface area contributed by atoms with E-state index in [0.29, 0.717) is 6.04 Å². The van der Waals surface area contributed by atoms with Crippen LogP contribution in [0.4, 0.5) is 5.69 Å². The number of anilines is 1. The maximum atomic E-state index is 5.09. The molecule has 0 aliphatic rings. The van der Waals surface area contributed by atoms with E-state index in [1.165, 1.54) is 23.2 Å². The molecule has 1 N–H and O–H groups in total. The van der Waals surface area contributed by atoms with Gasteiger partial charge in [0, 0.05) is 38.5 Å². The fraction of sp³-hybridized carbons (Fsp3) is 0.647. The maximum absolute atomic E-state index is 5.09. The van der Waals surface area contributed by atoms with Gasteiger partial charge in [-0.1, -0.05) is 24.6 Å². The van der Waals surface area contributed by atoms with Gasteiger partial charge in [-0.3, -0.25) is 0 Å². The molecule has 0 bridgehead atoms. The fourth-order valence-corrected chi connectivity index (χ4v) is 2.43. The summed E-state index contributed by atoms with van der Waals surface area (Å²) >= 11 is 0. The van der Waals surface area contributed by atoms with E-state index in [9.17, 15) is 0 Å². The van der Waals surface area contributed by atoms with Crippen molar-refractivity contribution in [1.82, 2.24) is 5.32 Å². The van der Waals surface area contributed by atoms with E-state index < -0.39 is 0 Å². The second-order valence-electron chi connectivity index (χ2n) is 5.59. The lowest BCUT2D eigenvalue weighted by atomic mass is 10.1. The molecule has 0 amide bonds. The molecule has 0 saturated heterocycles. The van der Waals surface area contributed by atoms with Crippen LogP contribution in [0.1, 0.15) is 38.3 Å². The molecule has 114 valence electrons. The molecule has 20 heavy (non-hydrogen) atoms. The van der Waals surface area contributed by atoms with Crippen LogP contribution in [0.3, 0.4) is 0 Å². The number of hydrogen-bond donors (Lipinski definition) is 1. The van der Waals surface area contributed by atoms with E-state index in [1.807, 2.05) is 0 Å². The van der Waals surface area contributed by atoms with E-state index in [1.54, 1.807) is 7.11 Å². The molecule has 3 heteroatoms. The molecule has 0 saturated carbocycles. The Labute approximate surface area is 124 Å². The minimum Gasteiger partial charge on any atom is -0.383 e. The molecule has 0 aromatic heterocycles. The lowest BCUT2D eigenvalue weighted by molar-refractivity contribution is 0.199. The number of ether oxygens (including phenoxy) is 1. The first-order valence-corrected chi connectivity index (χ1v) is 7.66. The highest BCUT2D eigenvalue weighted by atomic mass is 16.5. The van der Waals surface area contributed by atoms with Crippen LogP contribution >= 0.6 is 0 Å². The van der Waals surface area contributed by atoms with Crippen LogP contribution in [0.5, 0.6) is 0 Å². The van der Waals surface area contributed by atoms with Gasteiger partial charge < -0.3 is 15.0 Å². The Bertz CT molecular complexity index is 391. The minimum absolute atomic E-state index is 0.524. The number of nitrogens with zero attached hydrogens (tertiary/aromatic N) is 1. The van der Waals surface area contributed by atoms with Gasteiger partial charge in [0.1, 0.15) is 0 Å². The zero-order valence-corrected chi connectivity index (χ0v) is 13.7. The number of rotatable bonds is 9. The Balaban J connectivity index is 2.87. The number of hydrogen-bond acceptors (Lipinski definition) is 3. The second-order valence-corrected chi connectivity index (χ2v) is 5.59. The average molecular weight is 278 g/mol. The van der Waals surface area contributed by atoms with Crippen molar-refractivity contribution >= 4 is 5.69 Å². The van der Waals surface area contributed by atoms with Crippen LogP contribution < -0.4 is 10.2 Å². The first kappa shape index (κ1) is 17.0. The minimum atomic E-state index is 0.524. The van der Waals surface area contributed by atoms with Gasteiger partial charge >= 0.3 is 0 Å².